The SMILES string of the molecule is CC(N)CCNC(=O)CSc1ccc2ccccc2c1. The summed E-state index contributed by atoms with van der Waals surface area (Å²) in [5, 5.41) is 5.31. The highest BCUT2D eigenvalue weighted by Crippen LogP contribution is 2.23. The molecule has 1 unspecified atom stereocenters. The number of fused-ring (bicyclic) bond motifs is 1. The van der Waals surface area contributed by atoms with Gasteiger partial charge in [0.15, 0.2) is 0 Å². The molecule has 0 radical (unpaired) electrons. The van der Waals surface area contributed by atoms with Gasteiger partial charge in [-0.25, -0.2) is 0 Å². The molecule has 3 N–H and O–H groups in total. The number of amides is 1. The first kappa shape index (κ1) is 14.9. The van der Waals surface area contributed by atoms with Gasteiger partial charge in [0, 0.05) is 17.5 Å². The number of rotatable bonds is 6. The Balaban J connectivity index is 1.84. The molecule has 4 heteroatoms. The maximum atomic E-state index is 11.7. The van der Waals surface area contributed by atoms with Crippen molar-refractivity contribution < 1.29 is 4.79 Å². The summed E-state index contributed by atoms with van der Waals surface area (Å²) in [7, 11) is 0. The third-order valence-electron chi connectivity index (χ3n) is 3.01. The lowest BCUT2D eigenvalue weighted by Crippen LogP contribution is -2.30. The fourth-order valence-corrected chi connectivity index (χ4v) is 2.67. The van der Waals surface area contributed by atoms with Crippen LogP contribution in [0.5, 0.6) is 0 Å². The molecule has 1 atom stereocenters. The summed E-state index contributed by atoms with van der Waals surface area (Å²) in [6, 6.07) is 14.6. The van der Waals surface area contributed by atoms with Gasteiger partial charge in [0.05, 0.1) is 5.75 Å². The van der Waals surface area contributed by atoms with Gasteiger partial charge < -0.3 is 11.1 Å². The zero-order chi connectivity index (χ0) is 14.4. The van der Waals surface area contributed by atoms with Gasteiger partial charge in [0.2, 0.25) is 5.91 Å². The van der Waals surface area contributed by atoms with Crippen molar-refractivity contribution in [2.75, 3.05) is 12.3 Å². The summed E-state index contributed by atoms with van der Waals surface area (Å²) in [5.74, 6) is 0.501. The summed E-state index contributed by atoms with van der Waals surface area (Å²) < 4.78 is 0. The molecule has 106 valence electrons. The van der Waals surface area contributed by atoms with E-state index in [1.807, 2.05) is 19.1 Å². The molecule has 2 aromatic rings. The van der Waals surface area contributed by atoms with E-state index in [9.17, 15) is 4.79 Å². The van der Waals surface area contributed by atoms with Crippen molar-refractivity contribution in [2.45, 2.75) is 24.3 Å². The van der Waals surface area contributed by atoms with E-state index >= 15 is 0 Å². The molecule has 1 amide bonds. The summed E-state index contributed by atoms with van der Waals surface area (Å²) in [4.78, 5) is 12.8. The summed E-state index contributed by atoms with van der Waals surface area (Å²) in [6.45, 7) is 2.59. The number of nitrogens with one attached hydrogen (secondary N) is 1. The van der Waals surface area contributed by atoms with Crippen molar-refractivity contribution in [1.29, 1.82) is 0 Å². The van der Waals surface area contributed by atoms with Crippen molar-refractivity contribution >= 4 is 28.4 Å². The van der Waals surface area contributed by atoms with Gasteiger partial charge in [-0.1, -0.05) is 30.3 Å². The van der Waals surface area contributed by atoms with Crippen molar-refractivity contribution in [1.82, 2.24) is 5.32 Å². The maximum absolute atomic E-state index is 11.7. The summed E-state index contributed by atoms with van der Waals surface area (Å²) in [5.41, 5.74) is 5.64. The number of benzene rings is 2. The largest absolute Gasteiger partial charge is 0.355 e. The highest BCUT2D eigenvalue weighted by atomic mass is 32.2. The van der Waals surface area contributed by atoms with Crippen molar-refractivity contribution in [3.8, 4) is 0 Å². The molecular weight excluding hydrogens is 268 g/mol. The maximum Gasteiger partial charge on any atom is 0.230 e. The average Bonchev–Trinajstić information content (AvgIpc) is 2.44. The molecule has 0 aromatic heterocycles. The fraction of sp³-hybridized carbons (Fsp3) is 0.312. The topological polar surface area (TPSA) is 55.1 Å². The minimum atomic E-state index is 0.0591. The Kier molecular flexibility index (Phi) is 5.44. The fourth-order valence-electron chi connectivity index (χ4n) is 1.90. The first-order valence-corrected chi connectivity index (χ1v) is 7.77. The van der Waals surface area contributed by atoms with Crippen LogP contribution in [-0.2, 0) is 4.79 Å². The number of hydrogen-bond donors (Lipinski definition) is 2. The molecule has 0 aliphatic carbocycles. The molecule has 0 saturated carbocycles. The Bertz CT molecular complexity index is 583. The minimum Gasteiger partial charge on any atom is -0.355 e. The van der Waals surface area contributed by atoms with E-state index in [-0.39, 0.29) is 11.9 Å². The lowest BCUT2D eigenvalue weighted by Gasteiger charge is -2.07. The van der Waals surface area contributed by atoms with Gasteiger partial charge in [0.25, 0.3) is 0 Å². The number of carbonyl (C=O) groups excluding carboxylic acids is 1. The van der Waals surface area contributed by atoms with Gasteiger partial charge in [-0.2, -0.15) is 0 Å². The zero-order valence-corrected chi connectivity index (χ0v) is 12.5. The van der Waals surface area contributed by atoms with Crippen molar-refractivity contribution in [2.24, 2.45) is 5.73 Å². The highest BCUT2D eigenvalue weighted by Gasteiger charge is 2.04. The van der Waals surface area contributed by atoms with E-state index in [1.165, 1.54) is 10.8 Å². The van der Waals surface area contributed by atoms with Crippen LogP contribution < -0.4 is 11.1 Å². The first-order valence-electron chi connectivity index (χ1n) is 6.79. The molecule has 0 fully saturated rings. The number of thioether (sulfide) groups is 1. The van der Waals surface area contributed by atoms with Crippen LogP contribution in [0.3, 0.4) is 0 Å². The van der Waals surface area contributed by atoms with Crippen LogP contribution in [0.25, 0.3) is 10.8 Å². The van der Waals surface area contributed by atoms with E-state index in [1.54, 1.807) is 11.8 Å². The second-order valence-electron chi connectivity index (χ2n) is 4.91. The van der Waals surface area contributed by atoms with Crippen LogP contribution in [0.1, 0.15) is 13.3 Å². The highest BCUT2D eigenvalue weighted by molar-refractivity contribution is 8.00. The molecule has 2 aromatic carbocycles. The Hall–Kier alpha value is -1.52. The van der Waals surface area contributed by atoms with Gasteiger partial charge in [0.1, 0.15) is 0 Å². The number of nitrogens with two attached hydrogens (primary N) is 1. The Morgan fingerprint density at radius 1 is 1.25 bits per heavy atom. The molecular formula is C16H20N2OS. The second kappa shape index (κ2) is 7.31. The van der Waals surface area contributed by atoms with Crippen LogP contribution >= 0.6 is 11.8 Å². The molecule has 20 heavy (non-hydrogen) atoms. The van der Waals surface area contributed by atoms with E-state index in [0.717, 1.165) is 11.3 Å². The molecule has 0 bridgehead atoms. The monoisotopic (exact) mass is 288 g/mol. The van der Waals surface area contributed by atoms with Gasteiger partial charge in [-0.15, -0.1) is 11.8 Å². The Morgan fingerprint density at radius 3 is 2.75 bits per heavy atom. The van der Waals surface area contributed by atoms with Crippen molar-refractivity contribution in [3.63, 3.8) is 0 Å². The predicted molar refractivity (Wildman–Crippen MR) is 85.9 cm³/mol. The van der Waals surface area contributed by atoms with Crippen LogP contribution in [0.2, 0.25) is 0 Å². The normalized spacial score (nSPS) is 12.3. The second-order valence-corrected chi connectivity index (χ2v) is 5.96. The lowest BCUT2D eigenvalue weighted by atomic mass is 10.1. The smallest absolute Gasteiger partial charge is 0.230 e. The molecule has 0 aliphatic rings. The third kappa shape index (κ3) is 4.54. The Labute approximate surface area is 123 Å². The van der Waals surface area contributed by atoms with Crippen molar-refractivity contribution in [3.05, 3.63) is 42.5 Å². The van der Waals surface area contributed by atoms with E-state index in [4.69, 9.17) is 5.73 Å². The zero-order valence-electron chi connectivity index (χ0n) is 11.6. The van der Waals surface area contributed by atoms with E-state index < -0.39 is 0 Å². The molecule has 0 spiro atoms. The molecule has 0 saturated heterocycles. The van der Waals surface area contributed by atoms with Crippen LogP contribution in [-0.4, -0.2) is 24.2 Å². The lowest BCUT2D eigenvalue weighted by molar-refractivity contribution is -0.118. The molecule has 3 nitrogen and oxygen atoms in total. The molecule has 0 aliphatic heterocycles. The first-order chi connectivity index (χ1) is 9.65. The summed E-state index contributed by atoms with van der Waals surface area (Å²) in [6.07, 6.45) is 0.812. The standard InChI is InChI=1S/C16H20N2OS/c1-12(17)8-9-18-16(19)11-20-15-7-6-13-4-2-3-5-14(13)10-15/h2-7,10,12H,8-9,11,17H2,1H3,(H,18,19). The van der Waals surface area contributed by atoms with Crippen LogP contribution in [0.4, 0.5) is 0 Å². The predicted octanol–water partition coefficient (Wildman–Crippen LogP) is 2.79. The van der Waals surface area contributed by atoms with Crippen LogP contribution in [0, 0.1) is 0 Å². The van der Waals surface area contributed by atoms with E-state index in [0.29, 0.717) is 12.3 Å². The van der Waals surface area contributed by atoms with Crippen LogP contribution in [0.15, 0.2) is 47.4 Å². The number of carbonyl (C=O) groups is 1. The van der Waals surface area contributed by atoms with Gasteiger partial charge in [-0.05, 0) is 36.2 Å². The quantitative estimate of drug-likeness (QED) is 0.804. The van der Waals surface area contributed by atoms with Gasteiger partial charge >= 0.3 is 0 Å². The average molecular weight is 288 g/mol. The third-order valence-corrected chi connectivity index (χ3v) is 4.01. The van der Waals surface area contributed by atoms with Gasteiger partial charge in [-0.3, -0.25) is 4.79 Å². The minimum absolute atomic E-state index is 0.0591. The number of hydrogen-bond acceptors (Lipinski definition) is 3. The summed E-state index contributed by atoms with van der Waals surface area (Å²) >= 11 is 1.56. The Morgan fingerprint density at radius 2 is 2.00 bits per heavy atom. The van der Waals surface area contributed by atoms with E-state index in [2.05, 4.69) is 35.6 Å². The molecule has 2 rings (SSSR count). The molecule has 0 heterocycles.